The minimum absolute atomic E-state index is 0. The average Bonchev–Trinajstić information content (AvgIpc) is 2.81. The van der Waals surface area contributed by atoms with Gasteiger partial charge in [0, 0.05) is 12.1 Å². The second kappa shape index (κ2) is 7.10. The van der Waals surface area contributed by atoms with Gasteiger partial charge in [0.25, 0.3) is 0 Å². The summed E-state index contributed by atoms with van der Waals surface area (Å²) in [4.78, 5) is 7.19. The Morgan fingerprint density at radius 1 is 1.14 bits per heavy atom. The predicted molar refractivity (Wildman–Crippen MR) is 87.8 cm³/mol. The summed E-state index contributed by atoms with van der Waals surface area (Å²) in [5.41, 5.74) is 3.39. The van der Waals surface area contributed by atoms with Crippen LogP contribution in [0.25, 0.3) is 11.5 Å². The van der Waals surface area contributed by atoms with Crippen molar-refractivity contribution in [2.75, 3.05) is 13.1 Å². The van der Waals surface area contributed by atoms with Crippen LogP contribution >= 0.6 is 12.4 Å². The fraction of sp³-hybridized carbons (Fsp3) is 0.471. The lowest BCUT2D eigenvalue weighted by molar-refractivity contribution is 0.218. The van der Waals surface area contributed by atoms with E-state index in [1.54, 1.807) is 0 Å². The number of benzene rings is 1. The van der Waals surface area contributed by atoms with Crippen molar-refractivity contribution in [3.63, 3.8) is 0 Å². The Bertz CT molecular complexity index is 588. The molecule has 114 valence electrons. The summed E-state index contributed by atoms with van der Waals surface area (Å²) in [7, 11) is 0. The summed E-state index contributed by atoms with van der Waals surface area (Å²) in [6, 6.07) is 8.32. The number of nitrogens with zero attached hydrogens (tertiary/aromatic N) is 2. The first-order valence-electron chi connectivity index (χ1n) is 7.48. The minimum atomic E-state index is 0. The van der Waals surface area contributed by atoms with E-state index in [0.717, 1.165) is 29.5 Å². The van der Waals surface area contributed by atoms with Crippen LogP contribution in [-0.2, 0) is 6.54 Å². The van der Waals surface area contributed by atoms with Crippen LogP contribution in [0, 0.1) is 13.8 Å². The van der Waals surface area contributed by atoms with Crippen molar-refractivity contribution in [2.45, 2.75) is 39.7 Å². The molecule has 0 bridgehead atoms. The molecule has 1 aromatic carbocycles. The standard InChI is InChI=1S/C17H22N2O.ClH/c1-13-7-6-8-15(11-13)17-18-16(14(2)20-17)12-19-9-4-3-5-10-19;/h6-8,11H,3-5,9-10,12H2,1-2H3;1H. The van der Waals surface area contributed by atoms with Crippen molar-refractivity contribution in [3.05, 3.63) is 41.3 Å². The summed E-state index contributed by atoms with van der Waals surface area (Å²) in [5.74, 6) is 1.70. The number of aryl methyl sites for hydroxylation is 2. The van der Waals surface area contributed by atoms with Crippen molar-refractivity contribution in [1.82, 2.24) is 9.88 Å². The van der Waals surface area contributed by atoms with Crippen molar-refractivity contribution >= 4 is 12.4 Å². The van der Waals surface area contributed by atoms with Crippen LogP contribution in [-0.4, -0.2) is 23.0 Å². The molecule has 0 atom stereocenters. The van der Waals surface area contributed by atoms with E-state index in [4.69, 9.17) is 9.40 Å². The number of aromatic nitrogens is 1. The molecule has 0 radical (unpaired) electrons. The van der Waals surface area contributed by atoms with Gasteiger partial charge in [0.05, 0.1) is 5.69 Å². The molecule has 0 aliphatic carbocycles. The molecule has 3 nitrogen and oxygen atoms in total. The zero-order valence-corrected chi connectivity index (χ0v) is 13.6. The maximum Gasteiger partial charge on any atom is 0.226 e. The normalized spacial score (nSPS) is 15.7. The minimum Gasteiger partial charge on any atom is -0.441 e. The van der Waals surface area contributed by atoms with Gasteiger partial charge in [-0.2, -0.15) is 0 Å². The molecule has 0 amide bonds. The molecule has 1 fully saturated rings. The zero-order chi connectivity index (χ0) is 13.9. The van der Waals surface area contributed by atoms with Gasteiger partial charge in [-0.3, -0.25) is 4.90 Å². The molecule has 2 heterocycles. The Balaban J connectivity index is 0.00000161. The van der Waals surface area contributed by atoms with E-state index in [0.29, 0.717) is 0 Å². The van der Waals surface area contributed by atoms with Crippen molar-refractivity contribution < 1.29 is 4.42 Å². The number of halogens is 1. The third kappa shape index (κ3) is 3.86. The van der Waals surface area contributed by atoms with Gasteiger partial charge in [-0.05, 0) is 51.9 Å². The molecule has 3 rings (SSSR count). The smallest absolute Gasteiger partial charge is 0.226 e. The van der Waals surface area contributed by atoms with E-state index in [-0.39, 0.29) is 12.4 Å². The number of oxazole rings is 1. The van der Waals surface area contributed by atoms with E-state index in [1.807, 2.05) is 6.92 Å². The molecule has 21 heavy (non-hydrogen) atoms. The molecule has 1 saturated heterocycles. The van der Waals surface area contributed by atoms with E-state index >= 15 is 0 Å². The quantitative estimate of drug-likeness (QED) is 0.843. The summed E-state index contributed by atoms with van der Waals surface area (Å²) >= 11 is 0. The molecule has 1 aliphatic rings. The lowest BCUT2D eigenvalue weighted by atomic mass is 10.1. The molecule has 1 aliphatic heterocycles. The van der Waals surface area contributed by atoms with Crippen molar-refractivity contribution in [2.24, 2.45) is 0 Å². The second-order valence-electron chi connectivity index (χ2n) is 5.73. The molecule has 2 aromatic rings. The third-order valence-electron chi connectivity index (χ3n) is 3.98. The van der Waals surface area contributed by atoms with Crippen LogP contribution in [0.3, 0.4) is 0 Å². The van der Waals surface area contributed by atoms with Crippen molar-refractivity contribution in [3.8, 4) is 11.5 Å². The van der Waals surface area contributed by atoms with E-state index < -0.39 is 0 Å². The van der Waals surface area contributed by atoms with Crippen molar-refractivity contribution in [1.29, 1.82) is 0 Å². The SMILES string of the molecule is Cc1cccc(-c2nc(CN3CCCCC3)c(C)o2)c1.Cl. The van der Waals surface area contributed by atoms with Crippen LogP contribution in [0.2, 0.25) is 0 Å². The maximum atomic E-state index is 5.86. The third-order valence-corrected chi connectivity index (χ3v) is 3.98. The first-order valence-corrected chi connectivity index (χ1v) is 7.48. The molecular weight excluding hydrogens is 284 g/mol. The number of rotatable bonds is 3. The van der Waals surface area contributed by atoms with Crippen LogP contribution in [0.15, 0.2) is 28.7 Å². The van der Waals surface area contributed by atoms with Gasteiger partial charge >= 0.3 is 0 Å². The first kappa shape index (κ1) is 16.1. The van der Waals surface area contributed by atoms with Gasteiger partial charge in [-0.25, -0.2) is 4.98 Å². The summed E-state index contributed by atoms with van der Waals surface area (Å²) in [5, 5.41) is 0. The van der Waals surface area contributed by atoms with E-state index in [9.17, 15) is 0 Å². The highest BCUT2D eigenvalue weighted by Crippen LogP contribution is 2.24. The molecular formula is C17H23ClN2O. The van der Waals surface area contributed by atoms with E-state index in [1.165, 1.54) is 37.9 Å². The highest BCUT2D eigenvalue weighted by atomic mass is 35.5. The lowest BCUT2D eigenvalue weighted by Gasteiger charge is -2.25. The monoisotopic (exact) mass is 306 g/mol. The molecule has 4 heteroatoms. The molecule has 0 unspecified atom stereocenters. The van der Waals surface area contributed by atoms with Gasteiger partial charge in [-0.1, -0.05) is 24.1 Å². The summed E-state index contributed by atoms with van der Waals surface area (Å²) in [6.07, 6.45) is 3.98. The Morgan fingerprint density at radius 2 is 1.90 bits per heavy atom. The fourth-order valence-corrected chi connectivity index (χ4v) is 2.81. The van der Waals surface area contributed by atoms with Gasteiger partial charge in [0.1, 0.15) is 5.76 Å². The average molecular weight is 307 g/mol. The van der Waals surface area contributed by atoms with Crippen LogP contribution in [0.1, 0.15) is 36.3 Å². The Hall–Kier alpha value is -1.32. The van der Waals surface area contributed by atoms with Crippen LogP contribution in [0.5, 0.6) is 0 Å². The lowest BCUT2D eigenvalue weighted by Crippen LogP contribution is -2.29. The highest BCUT2D eigenvalue weighted by Gasteiger charge is 2.16. The van der Waals surface area contributed by atoms with Gasteiger partial charge in [-0.15, -0.1) is 12.4 Å². The van der Waals surface area contributed by atoms with Gasteiger partial charge in [0.2, 0.25) is 5.89 Å². The molecule has 0 N–H and O–H groups in total. The fourth-order valence-electron chi connectivity index (χ4n) is 2.81. The maximum absolute atomic E-state index is 5.86. The molecule has 0 spiro atoms. The summed E-state index contributed by atoms with van der Waals surface area (Å²) < 4.78 is 5.86. The largest absolute Gasteiger partial charge is 0.441 e. The number of likely N-dealkylation sites (tertiary alicyclic amines) is 1. The Kier molecular flexibility index (Phi) is 5.43. The number of hydrogen-bond acceptors (Lipinski definition) is 3. The first-order chi connectivity index (χ1) is 9.72. The van der Waals surface area contributed by atoms with E-state index in [2.05, 4.69) is 36.1 Å². The predicted octanol–water partition coefficient (Wildman–Crippen LogP) is 4.37. The number of piperidine rings is 1. The molecule has 0 saturated carbocycles. The Labute approximate surface area is 132 Å². The Morgan fingerprint density at radius 3 is 2.62 bits per heavy atom. The second-order valence-corrected chi connectivity index (χ2v) is 5.73. The zero-order valence-electron chi connectivity index (χ0n) is 12.8. The van der Waals surface area contributed by atoms with Gasteiger partial charge < -0.3 is 4.42 Å². The number of hydrogen-bond donors (Lipinski definition) is 0. The molecule has 1 aromatic heterocycles. The van der Waals surface area contributed by atoms with Gasteiger partial charge in [0.15, 0.2) is 0 Å². The highest BCUT2D eigenvalue weighted by molar-refractivity contribution is 5.85. The topological polar surface area (TPSA) is 29.3 Å². The van der Waals surface area contributed by atoms with Crippen LogP contribution < -0.4 is 0 Å². The summed E-state index contributed by atoms with van der Waals surface area (Å²) in [6.45, 7) is 7.40. The van der Waals surface area contributed by atoms with Crippen LogP contribution in [0.4, 0.5) is 0 Å².